The quantitative estimate of drug-likeness (QED) is 0.377. The van der Waals surface area contributed by atoms with E-state index in [-0.39, 0.29) is 0 Å². The van der Waals surface area contributed by atoms with Crippen LogP contribution in [0.1, 0.15) is 46.0 Å². The number of guanidine groups is 1. The molecule has 0 aromatic heterocycles. The van der Waals surface area contributed by atoms with Crippen LogP contribution in [0, 0.1) is 0 Å². The minimum atomic E-state index is 0.497. The molecule has 0 spiro atoms. The summed E-state index contributed by atoms with van der Waals surface area (Å²) in [5.74, 6) is 0.928. The minimum Gasteiger partial charge on any atom is -0.356 e. The summed E-state index contributed by atoms with van der Waals surface area (Å²) in [5.41, 5.74) is 0. The highest BCUT2D eigenvalue weighted by Gasteiger charge is 2.04. The predicted molar refractivity (Wildman–Crippen MR) is 81.3 cm³/mol. The number of aliphatic imine (C=N–C) groups is 1. The molecule has 0 saturated carbocycles. The number of rotatable bonds is 9. The van der Waals surface area contributed by atoms with Gasteiger partial charge in [0.25, 0.3) is 0 Å². The Balaban J connectivity index is 3.69. The third-order valence-electron chi connectivity index (χ3n) is 2.92. The maximum absolute atomic E-state index is 4.25. The SMILES string of the molecule is CCCCCC(C)NC(=NC)NCCCN(C)C. The maximum Gasteiger partial charge on any atom is 0.191 e. The number of nitrogens with one attached hydrogen (secondary N) is 2. The molecule has 0 aromatic carbocycles. The molecule has 0 amide bonds. The van der Waals surface area contributed by atoms with Gasteiger partial charge in [0.1, 0.15) is 0 Å². The van der Waals surface area contributed by atoms with Crippen LogP contribution in [-0.2, 0) is 0 Å². The first-order valence-electron chi connectivity index (χ1n) is 7.22. The van der Waals surface area contributed by atoms with E-state index in [0.29, 0.717) is 6.04 Å². The molecule has 108 valence electrons. The molecule has 18 heavy (non-hydrogen) atoms. The summed E-state index contributed by atoms with van der Waals surface area (Å²) in [6.45, 7) is 6.54. The van der Waals surface area contributed by atoms with E-state index in [1.807, 2.05) is 7.05 Å². The highest BCUT2D eigenvalue weighted by atomic mass is 15.2. The molecule has 1 unspecified atom stereocenters. The molecule has 0 aliphatic carbocycles. The van der Waals surface area contributed by atoms with Crippen molar-refractivity contribution in [3.8, 4) is 0 Å². The summed E-state index contributed by atoms with van der Waals surface area (Å²) in [7, 11) is 6.03. The zero-order chi connectivity index (χ0) is 13.8. The lowest BCUT2D eigenvalue weighted by molar-refractivity contribution is 0.399. The summed E-state index contributed by atoms with van der Waals surface area (Å²) in [4.78, 5) is 6.45. The first-order chi connectivity index (χ1) is 8.60. The van der Waals surface area contributed by atoms with Crippen LogP contribution in [0.2, 0.25) is 0 Å². The zero-order valence-electron chi connectivity index (χ0n) is 12.9. The first-order valence-corrected chi connectivity index (χ1v) is 7.22. The Hall–Kier alpha value is -0.770. The van der Waals surface area contributed by atoms with E-state index in [2.05, 4.69) is 48.5 Å². The number of hydrogen-bond acceptors (Lipinski definition) is 2. The third-order valence-corrected chi connectivity index (χ3v) is 2.92. The fourth-order valence-corrected chi connectivity index (χ4v) is 1.80. The normalized spacial score (nSPS) is 13.8. The Kier molecular flexibility index (Phi) is 10.8. The van der Waals surface area contributed by atoms with Crippen molar-refractivity contribution in [2.24, 2.45) is 4.99 Å². The molecular formula is C14H32N4. The Bertz CT molecular complexity index is 214. The molecule has 2 N–H and O–H groups in total. The largest absolute Gasteiger partial charge is 0.356 e. The van der Waals surface area contributed by atoms with E-state index in [0.717, 1.165) is 25.5 Å². The molecule has 0 heterocycles. The van der Waals surface area contributed by atoms with Gasteiger partial charge >= 0.3 is 0 Å². The van der Waals surface area contributed by atoms with Gasteiger partial charge in [-0.05, 0) is 40.4 Å². The molecule has 4 nitrogen and oxygen atoms in total. The fourth-order valence-electron chi connectivity index (χ4n) is 1.80. The van der Waals surface area contributed by atoms with Crippen molar-refractivity contribution < 1.29 is 0 Å². The lowest BCUT2D eigenvalue weighted by Gasteiger charge is -2.18. The molecule has 0 fully saturated rings. The average molecular weight is 256 g/mol. The monoisotopic (exact) mass is 256 g/mol. The van der Waals surface area contributed by atoms with Gasteiger partial charge in [0, 0.05) is 19.6 Å². The lowest BCUT2D eigenvalue weighted by atomic mass is 10.1. The number of unbranched alkanes of at least 4 members (excludes halogenated alkanes) is 2. The molecule has 0 bridgehead atoms. The molecule has 4 heteroatoms. The second kappa shape index (κ2) is 11.3. The van der Waals surface area contributed by atoms with Crippen LogP contribution >= 0.6 is 0 Å². The van der Waals surface area contributed by atoms with Gasteiger partial charge in [-0.15, -0.1) is 0 Å². The maximum atomic E-state index is 4.25. The van der Waals surface area contributed by atoms with Crippen molar-refractivity contribution in [2.45, 2.75) is 52.0 Å². The van der Waals surface area contributed by atoms with Crippen molar-refractivity contribution in [3.05, 3.63) is 0 Å². The van der Waals surface area contributed by atoms with Gasteiger partial charge in [-0.25, -0.2) is 0 Å². The van der Waals surface area contributed by atoms with E-state index >= 15 is 0 Å². The van der Waals surface area contributed by atoms with Crippen molar-refractivity contribution in [1.29, 1.82) is 0 Å². The summed E-state index contributed by atoms with van der Waals surface area (Å²) in [6, 6.07) is 0.497. The van der Waals surface area contributed by atoms with Crippen LogP contribution in [0.5, 0.6) is 0 Å². The molecule has 0 saturated heterocycles. The number of nitrogens with zero attached hydrogens (tertiary/aromatic N) is 2. The number of hydrogen-bond donors (Lipinski definition) is 2. The average Bonchev–Trinajstić information content (AvgIpc) is 2.33. The molecule has 0 aliphatic heterocycles. The van der Waals surface area contributed by atoms with Crippen LogP contribution < -0.4 is 10.6 Å². The summed E-state index contributed by atoms with van der Waals surface area (Å²) < 4.78 is 0. The highest BCUT2D eigenvalue weighted by Crippen LogP contribution is 2.02. The second-order valence-electron chi connectivity index (χ2n) is 5.20. The van der Waals surface area contributed by atoms with Gasteiger partial charge < -0.3 is 15.5 Å². The summed E-state index contributed by atoms with van der Waals surface area (Å²) in [6.07, 6.45) is 6.25. The van der Waals surface area contributed by atoms with E-state index in [9.17, 15) is 0 Å². The van der Waals surface area contributed by atoms with Gasteiger partial charge in [-0.2, -0.15) is 0 Å². The van der Waals surface area contributed by atoms with Crippen LogP contribution in [-0.4, -0.2) is 51.1 Å². The highest BCUT2D eigenvalue weighted by molar-refractivity contribution is 5.79. The van der Waals surface area contributed by atoms with Crippen LogP contribution in [0.15, 0.2) is 4.99 Å². The first kappa shape index (κ1) is 17.2. The van der Waals surface area contributed by atoms with Crippen molar-refractivity contribution in [1.82, 2.24) is 15.5 Å². The van der Waals surface area contributed by atoms with Gasteiger partial charge in [0.15, 0.2) is 5.96 Å². The van der Waals surface area contributed by atoms with Crippen molar-refractivity contribution in [2.75, 3.05) is 34.2 Å². The Labute approximate surface area is 113 Å². The van der Waals surface area contributed by atoms with Gasteiger partial charge in [-0.3, -0.25) is 4.99 Å². The van der Waals surface area contributed by atoms with Gasteiger partial charge in [0.05, 0.1) is 0 Å². The molecule has 1 atom stereocenters. The van der Waals surface area contributed by atoms with Crippen LogP contribution in [0.4, 0.5) is 0 Å². The molecule has 0 radical (unpaired) electrons. The third kappa shape index (κ3) is 10.4. The standard InChI is InChI=1S/C14H32N4/c1-6-7-8-10-13(2)17-14(15-3)16-11-9-12-18(4)5/h13H,6-12H2,1-5H3,(H2,15,16,17). The fraction of sp³-hybridized carbons (Fsp3) is 0.929. The Morgan fingerprint density at radius 1 is 1.22 bits per heavy atom. The Morgan fingerprint density at radius 2 is 1.94 bits per heavy atom. The zero-order valence-corrected chi connectivity index (χ0v) is 12.9. The van der Waals surface area contributed by atoms with Gasteiger partial charge in [0.2, 0.25) is 0 Å². The molecule has 0 aromatic rings. The van der Waals surface area contributed by atoms with E-state index < -0.39 is 0 Å². The Morgan fingerprint density at radius 3 is 2.50 bits per heavy atom. The predicted octanol–water partition coefficient (Wildman–Crippen LogP) is 2.07. The summed E-state index contributed by atoms with van der Waals surface area (Å²) >= 11 is 0. The van der Waals surface area contributed by atoms with E-state index in [4.69, 9.17) is 0 Å². The summed E-state index contributed by atoms with van der Waals surface area (Å²) in [5, 5.41) is 6.80. The molecular weight excluding hydrogens is 224 g/mol. The molecule has 0 rings (SSSR count). The van der Waals surface area contributed by atoms with Crippen LogP contribution in [0.3, 0.4) is 0 Å². The lowest BCUT2D eigenvalue weighted by Crippen LogP contribution is -2.42. The minimum absolute atomic E-state index is 0.497. The topological polar surface area (TPSA) is 39.7 Å². The van der Waals surface area contributed by atoms with E-state index in [1.165, 1.54) is 25.7 Å². The van der Waals surface area contributed by atoms with E-state index in [1.54, 1.807) is 0 Å². The van der Waals surface area contributed by atoms with Gasteiger partial charge in [-0.1, -0.05) is 26.2 Å². The molecule has 0 aliphatic rings. The second-order valence-corrected chi connectivity index (χ2v) is 5.20. The van der Waals surface area contributed by atoms with Crippen molar-refractivity contribution in [3.63, 3.8) is 0 Å². The smallest absolute Gasteiger partial charge is 0.191 e. The van der Waals surface area contributed by atoms with Crippen LogP contribution in [0.25, 0.3) is 0 Å². The van der Waals surface area contributed by atoms with Crippen molar-refractivity contribution >= 4 is 5.96 Å².